The first-order valence-corrected chi connectivity index (χ1v) is 4.53. The van der Waals surface area contributed by atoms with Gasteiger partial charge in [-0.3, -0.25) is 10.1 Å². The Balaban J connectivity index is 2.76. The maximum Gasteiger partial charge on any atom is 0.371 e. The van der Waals surface area contributed by atoms with Crippen LogP contribution in [0.25, 0.3) is 11.0 Å². The second-order valence-electron chi connectivity index (χ2n) is 3.21. The zero-order valence-electron chi connectivity index (χ0n) is 8.67. The van der Waals surface area contributed by atoms with Gasteiger partial charge in [0.15, 0.2) is 5.58 Å². The van der Waals surface area contributed by atoms with Crippen LogP contribution in [0.5, 0.6) is 5.75 Å². The molecule has 0 radical (unpaired) electrons. The number of hydrogen-bond acceptors (Lipinski definition) is 5. The highest BCUT2D eigenvalue weighted by atomic mass is 16.6. The molecule has 0 aliphatic carbocycles. The lowest BCUT2D eigenvalue weighted by Gasteiger charge is -2.01. The molecule has 17 heavy (non-hydrogen) atoms. The van der Waals surface area contributed by atoms with E-state index in [0.29, 0.717) is 5.39 Å². The average Bonchev–Trinajstić information content (AvgIpc) is 2.70. The standard InChI is InChI=1S/C10H7NO6/c1-16-9-6(11(14)15)3-2-5-4-7(10(12)13)17-8(5)9/h2-4H,1H3,(H,12,13). The topological polar surface area (TPSA) is 103 Å². The Labute approximate surface area is 94.4 Å². The molecule has 0 unspecified atom stereocenters. The van der Waals surface area contributed by atoms with Gasteiger partial charge in [0, 0.05) is 11.5 Å². The van der Waals surface area contributed by atoms with E-state index >= 15 is 0 Å². The Bertz CT molecular complexity index is 615. The van der Waals surface area contributed by atoms with E-state index in [4.69, 9.17) is 14.3 Å². The lowest BCUT2D eigenvalue weighted by Crippen LogP contribution is -1.93. The number of rotatable bonds is 3. The van der Waals surface area contributed by atoms with Gasteiger partial charge < -0.3 is 14.3 Å². The summed E-state index contributed by atoms with van der Waals surface area (Å²) in [6, 6.07) is 3.93. The van der Waals surface area contributed by atoms with Crippen molar-refractivity contribution in [2.45, 2.75) is 0 Å². The minimum atomic E-state index is -1.24. The highest BCUT2D eigenvalue weighted by Gasteiger charge is 2.22. The summed E-state index contributed by atoms with van der Waals surface area (Å²) in [5.41, 5.74) is -0.217. The van der Waals surface area contributed by atoms with Crippen LogP contribution >= 0.6 is 0 Å². The molecule has 2 rings (SSSR count). The minimum Gasteiger partial charge on any atom is -0.488 e. The summed E-state index contributed by atoms with van der Waals surface area (Å²) in [6.07, 6.45) is 0. The molecule has 1 aromatic carbocycles. The van der Waals surface area contributed by atoms with Crippen molar-refractivity contribution in [1.82, 2.24) is 0 Å². The number of furan rings is 1. The van der Waals surface area contributed by atoms with Crippen LogP contribution in [0.15, 0.2) is 22.6 Å². The maximum absolute atomic E-state index is 10.7. The van der Waals surface area contributed by atoms with Gasteiger partial charge in [0.25, 0.3) is 0 Å². The summed E-state index contributed by atoms with van der Waals surface area (Å²) in [5.74, 6) is -1.62. The van der Waals surface area contributed by atoms with E-state index < -0.39 is 10.9 Å². The largest absolute Gasteiger partial charge is 0.488 e. The van der Waals surface area contributed by atoms with Gasteiger partial charge in [0.1, 0.15) is 0 Å². The third kappa shape index (κ3) is 1.67. The molecule has 1 N–H and O–H groups in total. The van der Waals surface area contributed by atoms with Crippen LogP contribution in [0.2, 0.25) is 0 Å². The molecule has 0 saturated heterocycles. The fourth-order valence-corrected chi connectivity index (χ4v) is 1.51. The molecule has 2 aromatic rings. The molecule has 0 amide bonds. The zero-order valence-corrected chi connectivity index (χ0v) is 8.67. The van der Waals surface area contributed by atoms with Crippen molar-refractivity contribution in [2.24, 2.45) is 0 Å². The number of nitro benzene ring substituents is 1. The molecule has 7 heteroatoms. The van der Waals surface area contributed by atoms with Crippen LogP contribution in [0.4, 0.5) is 5.69 Å². The molecule has 0 bridgehead atoms. The number of nitrogens with zero attached hydrogens (tertiary/aromatic N) is 1. The number of hydrogen-bond donors (Lipinski definition) is 1. The van der Waals surface area contributed by atoms with Gasteiger partial charge in [-0.05, 0) is 12.1 Å². The Hall–Kier alpha value is -2.57. The second-order valence-corrected chi connectivity index (χ2v) is 3.21. The molecule has 0 aliphatic heterocycles. The van der Waals surface area contributed by atoms with Gasteiger partial charge in [-0.25, -0.2) is 4.79 Å². The highest BCUT2D eigenvalue weighted by Crippen LogP contribution is 2.36. The third-order valence-electron chi connectivity index (χ3n) is 2.23. The van der Waals surface area contributed by atoms with E-state index in [1.54, 1.807) is 0 Å². The van der Waals surface area contributed by atoms with Crippen molar-refractivity contribution in [2.75, 3.05) is 7.11 Å². The van der Waals surface area contributed by atoms with Crippen LogP contribution in [-0.4, -0.2) is 23.1 Å². The molecular formula is C10H7NO6. The van der Waals surface area contributed by atoms with E-state index in [2.05, 4.69) is 0 Å². The van der Waals surface area contributed by atoms with Crippen LogP contribution in [0, 0.1) is 10.1 Å². The van der Waals surface area contributed by atoms with Gasteiger partial charge in [-0.2, -0.15) is 0 Å². The number of ether oxygens (including phenoxy) is 1. The van der Waals surface area contributed by atoms with Crippen molar-refractivity contribution in [3.63, 3.8) is 0 Å². The molecule has 0 atom stereocenters. The van der Waals surface area contributed by atoms with Gasteiger partial charge in [0.2, 0.25) is 11.5 Å². The Morgan fingerprint density at radius 1 is 1.53 bits per heavy atom. The summed E-state index contributed by atoms with van der Waals surface area (Å²) in [7, 11) is 1.25. The van der Waals surface area contributed by atoms with Gasteiger partial charge in [-0.1, -0.05) is 0 Å². The van der Waals surface area contributed by atoms with Crippen LogP contribution in [-0.2, 0) is 0 Å². The molecule has 1 heterocycles. The number of carbonyl (C=O) groups is 1. The molecule has 0 aliphatic rings. The number of benzene rings is 1. The fraction of sp³-hybridized carbons (Fsp3) is 0.100. The number of nitro groups is 1. The quantitative estimate of drug-likeness (QED) is 0.647. The maximum atomic E-state index is 10.7. The van der Waals surface area contributed by atoms with Crippen molar-refractivity contribution >= 4 is 22.6 Å². The summed E-state index contributed by atoms with van der Waals surface area (Å²) in [6.45, 7) is 0. The van der Waals surface area contributed by atoms with Gasteiger partial charge >= 0.3 is 11.7 Å². The normalized spacial score (nSPS) is 10.4. The SMILES string of the molecule is COc1c([N+](=O)[O-])ccc2cc(C(=O)O)oc12. The lowest BCUT2D eigenvalue weighted by atomic mass is 10.2. The molecule has 1 aromatic heterocycles. The Morgan fingerprint density at radius 3 is 2.76 bits per heavy atom. The van der Waals surface area contributed by atoms with E-state index in [1.807, 2.05) is 0 Å². The van der Waals surface area contributed by atoms with Crippen LogP contribution < -0.4 is 4.74 Å². The summed E-state index contributed by atoms with van der Waals surface area (Å²) >= 11 is 0. The fourth-order valence-electron chi connectivity index (χ4n) is 1.51. The molecular weight excluding hydrogens is 230 g/mol. The third-order valence-corrected chi connectivity index (χ3v) is 2.23. The number of carboxylic acids is 1. The minimum absolute atomic E-state index is 0.0547. The first kappa shape index (κ1) is 10.9. The van der Waals surface area contributed by atoms with Crippen LogP contribution in [0.1, 0.15) is 10.6 Å². The van der Waals surface area contributed by atoms with Crippen molar-refractivity contribution < 1.29 is 24.0 Å². The predicted octanol–water partition coefficient (Wildman–Crippen LogP) is 2.05. The molecule has 88 valence electrons. The van der Waals surface area contributed by atoms with E-state index in [-0.39, 0.29) is 22.8 Å². The predicted molar refractivity (Wildman–Crippen MR) is 56.4 cm³/mol. The average molecular weight is 237 g/mol. The highest BCUT2D eigenvalue weighted by molar-refractivity contribution is 5.95. The molecule has 0 saturated carbocycles. The Morgan fingerprint density at radius 2 is 2.24 bits per heavy atom. The monoisotopic (exact) mass is 237 g/mol. The summed E-state index contributed by atoms with van der Waals surface area (Å²) in [4.78, 5) is 20.8. The number of aromatic carboxylic acids is 1. The smallest absolute Gasteiger partial charge is 0.371 e. The number of fused-ring (bicyclic) bond motifs is 1. The molecule has 0 fully saturated rings. The van der Waals surface area contributed by atoms with Gasteiger partial charge in [0.05, 0.1) is 12.0 Å². The Kier molecular flexibility index (Phi) is 2.43. The van der Waals surface area contributed by atoms with Crippen molar-refractivity contribution in [1.29, 1.82) is 0 Å². The van der Waals surface area contributed by atoms with E-state index in [0.717, 1.165) is 0 Å². The molecule has 0 spiro atoms. The number of carboxylic acid groups (broad SMARTS) is 1. The van der Waals surface area contributed by atoms with E-state index in [9.17, 15) is 14.9 Å². The first-order chi connectivity index (χ1) is 8.04. The van der Waals surface area contributed by atoms with Gasteiger partial charge in [-0.15, -0.1) is 0 Å². The summed E-state index contributed by atoms with van der Waals surface area (Å²) in [5, 5.41) is 19.9. The zero-order chi connectivity index (χ0) is 12.6. The van der Waals surface area contributed by atoms with Crippen molar-refractivity contribution in [3.8, 4) is 5.75 Å². The van der Waals surface area contributed by atoms with E-state index in [1.165, 1.54) is 25.3 Å². The number of methoxy groups -OCH3 is 1. The summed E-state index contributed by atoms with van der Waals surface area (Å²) < 4.78 is 9.90. The lowest BCUT2D eigenvalue weighted by molar-refractivity contribution is -0.385. The van der Waals surface area contributed by atoms with Crippen LogP contribution in [0.3, 0.4) is 0 Å². The second kappa shape index (κ2) is 3.78. The first-order valence-electron chi connectivity index (χ1n) is 4.53. The van der Waals surface area contributed by atoms with Crippen molar-refractivity contribution in [3.05, 3.63) is 34.1 Å². The molecule has 7 nitrogen and oxygen atoms in total.